The van der Waals surface area contributed by atoms with Crippen molar-refractivity contribution in [3.8, 4) is 0 Å². The molecule has 0 spiro atoms. The molecule has 0 aromatic heterocycles. The summed E-state index contributed by atoms with van der Waals surface area (Å²) in [5.41, 5.74) is 3.32. The molecule has 17 heavy (non-hydrogen) atoms. The third-order valence-corrected chi connectivity index (χ3v) is 4.51. The maximum Gasteiger partial charge on any atom is 0.488 e. The van der Waals surface area contributed by atoms with Crippen molar-refractivity contribution in [2.24, 2.45) is 0 Å². The monoisotopic (exact) mass is 230 g/mol. The summed E-state index contributed by atoms with van der Waals surface area (Å²) in [6.07, 6.45) is 7.62. The molecule has 2 nitrogen and oxygen atoms in total. The summed E-state index contributed by atoms with van der Waals surface area (Å²) in [6.45, 7) is 0. The summed E-state index contributed by atoms with van der Waals surface area (Å²) < 4.78 is 0. The topological polar surface area (TPSA) is 40.5 Å². The van der Waals surface area contributed by atoms with E-state index >= 15 is 0 Å². The molecule has 0 atom stereocenters. The van der Waals surface area contributed by atoms with E-state index in [1.165, 1.54) is 49.7 Å². The fourth-order valence-electron chi connectivity index (χ4n) is 2.90. The molecule has 2 saturated carbocycles. The van der Waals surface area contributed by atoms with E-state index < -0.39 is 7.12 Å². The molecule has 0 bridgehead atoms. The van der Waals surface area contributed by atoms with E-state index in [1.807, 2.05) is 6.07 Å². The Bertz CT molecular complexity index is 409. The van der Waals surface area contributed by atoms with Gasteiger partial charge < -0.3 is 10.0 Å². The largest absolute Gasteiger partial charge is 0.488 e. The van der Waals surface area contributed by atoms with Gasteiger partial charge in [0.1, 0.15) is 0 Å². The molecule has 90 valence electrons. The van der Waals surface area contributed by atoms with Crippen LogP contribution in [0.1, 0.15) is 61.5 Å². The van der Waals surface area contributed by atoms with E-state index in [4.69, 9.17) is 0 Å². The van der Waals surface area contributed by atoms with Crippen LogP contribution in [0.4, 0.5) is 0 Å². The van der Waals surface area contributed by atoms with Gasteiger partial charge in [0.05, 0.1) is 0 Å². The smallest absolute Gasteiger partial charge is 0.423 e. The van der Waals surface area contributed by atoms with E-state index in [1.54, 1.807) is 0 Å². The minimum atomic E-state index is -1.32. The summed E-state index contributed by atoms with van der Waals surface area (Å²) in [5, 5.41) is 18.9. The van der Waals surface area contributed by atoms with Crippen molar-refractivity contribution >= 4 is 12.6 Å². The Balaban J connectivity index is 1.93. The Hall–Kier alpha value is -0.795. The molecule has 0 aliphatic heterocycles. The molecule has 2 N–H and O–H groups in total. The van der Waals surface area contributed by atoms with Gasteiger partial charge in [-0.2, -0.15) is 0 Å². The highest BCUT2D eigenvalue weighted by Crippen LogP contribution is 2.40. The van der Waals surface area contributed by atoms with Crippen LogP contribution in [0.3, 0.4) is 0 Å². The summed E-state index contributed by atoms with van der Waals surface area (Å²) in [6, 6.07) is 6.25. The quantitative estimate of drug-likeness (QED) is 0.778. The molecule has 0 unspecified atom stereocenters. The number of hydrogen-bond acceptors (Lipinski definition) is 2. The Labute approximate surface area is 103 Å². The lowest BCUT2D eigenvalue weighted by Gasteiger charge is -2.31. The maximum atomic E-state index is 9.43. The van der Waals surface area contributed by atoms with Crippen LogP contribution in [0.25, 0.3) is 0 Å². The minimum absolute atomic E-state index is 0.562. The Morgan fingerprint density at radius 2 is 1.59 bits per heavy atom. The number of hydrogen-bond donors (Lipinski definition) is 2. The lowest BCUT2D eigenvalue weighted by molar-refractivity contribution is 0.404. The predicted molar refractivity (Wildman–Crippen MR) is 69.5 cm³/mol. The van der Waals surface area contributed by atoms with Gasteiger partial charge in [-0.15, -0.1) is 0 Å². The Morgan fingerprint density at radius 3 is 2.06 bits per heavy atom. The first-order valence-electron chi connectivity index (χ1n) is 6.75. The van der Waals surface area contributed by atoms with Crippen LogP contribution in [0.2, 0.25) is 0 Å². The second-order valence-corrected chi connectivity index (χ2v) is 5.52. The second-order valence-electron chi connectivity index (χ2n) is 5.52. The van der Waals surface area contributed by atoms with Crippen LogP contribution in [0.15, 0.2) is 18.2 Å². The van der Waals surface area contributed by atoms with Crippen LogP contribution >= 0.6 is 0 Å². The van der Waals surface area contributed by atoms with E-state index in [-0.39, 0.29) is 0 Å². The Kier molecular flexibility index (Phi) is 2.97. The first-order chi connectivity index (χ1) is 8.25. The van der Waals surface area contributed by atoms with Crippen molar-refractivity contribution in [2.45, 2.75) is 50.4 Å². The van der Waals surface area contributed by atoms with Crippen LogP contribution in [-0.4, -0.2) is 17.2 Å². The van der Waals surface area contributed by atoms with E-state index in [2.05, 4.69) is 12.1 Å². The molecule has 1 aromatic rings. The third-order valence-electron chi connectivity index (χ3n) is 4.51. The zero-order chi connectivity index (χ0) is 11.8. The molecule has 0 saturated heterocycles. The van der Waals surface area contributed by atoms with Crippen LogP contribution in [0, 0.1) is 0 Å². The second kappa shape index (κ2) is 4.47. The molecular weight excluding hydrogens is 211 g/mol. The molecule has 1 aromatic carbocycles. The molecule has 2 fully saturated rings. The van der Waals surface area contributed by atoms with Gasteiger partial charge in [0.2, 0.25) is 0 Å². The standard InChI is InChI=1S/C14H19BO2/c16-15(17)14-8-7-12(10-3-1-4-10)9-13(14)11-5-2-6-11/h7-11,16-17H,1-6H2. The van der Waals surface area contributed by atoms with Gasteiger partial charge in [-0.1, -0.05) is 31.0 Å². The summed E-state index contributed by atoms with van der Waals surface area (Å²) in [5.74, 6) is 1.28. The van der Waals surface area contributed by atoms with Gasteiger partial charge >= 0.3 is 7.12 Å². The first kappa shape index (κ1) is 11.3. The molecule has 3 heteroatoms. The summed E-state index contributed by atoms with van der Waals surface area (Å²) >= 11 is 0. The zero-order valence-corrected chi connectivity index (χ0v) is 10.1. The van der Waals surface area contributed by atoms with Gasteiger partial charge in [0.15, 0.2) is 0 Å². The van der Waals surface area contributed by atoms with Gasteiger partial charge in [-0.25, -0.2) is 0 Å². The SMILES string of the molecule is OB(O)c1ccc(C2CCC2)cc1C1CCC1. The van der Waals surface area contributed by atoms with Crippen molar-refractivity contribution in [1.29, 1.82) is 0 Å². The molecule has 2 aliphatic carbocycles. The third kappa shape index (κ3) is 2.02. The van der Waals surface area contributed by atoms with E-state index in [0.717, 1.165) is 11.4 Å². The van der Waals surface area contributed by atoms with Crippen LogP contribution in [0.5, 0.6) is 0 Å². The minimum Gasteiger partial charge on any atom is -0.423 e. The van der Waals surface area contributed by atoms with Gasteiger partial charge in [-0.05, 0) is 54.1 Å². The highest BCUT2D eigenvalue weighted by Gasteiger charge is 2.28. The van der Waals surface area contributed by atoms with Crippen LogP contribution < -0.4 is 5.46 Å². The van der Waals surface area contributed by atoms with E-state index in [9.17, 15) is 10.0 Å². The van der Waals surface area contributed by atoms with Crippen molar-refractivity contribution < 1.29 is 10.0 Å². The van der Waals surface area contributed by atoms with Crippen molar-refractivity contribution in [3.63, 3.8) is 0 Å². The molecule has 2 aliphatic rings. The number of benzene rings is 1. The zero-order valence-electron chi connectivity index (χ0n) is 10.1. The fourth-order valence-corrected chi connectivity index (χ4v) is 2.90. The fraction of sp³-hybridized carbons (Fsp3) is 0.571. The lowest BCUT2D eigenvalue weighted by atomic mass is 9.67. The highest BCUT2D eigenvalue weighted by atomic mass is 16.4. The molecular formula is C14H19BO2. The van der Waals surface area contributed by atoms with Crippen molar-refractivity contribution in [2.75, 3.05) is 0 Å². The predicted octanol–water partition coefficient (Wildman–Crippen LogP) is 1.90. The summed E-state index contributed by atoms with van der Waals surface area (Å²) in [4.78, 5) is 0. The van der Waals surface area contributed by atoms with Crippen molar-refractivity contribution in [3.05, 3.63) is 29.3 Å². The Morgan fingerprint density at radius 1 is 0.941 bits per heavy atom. The van der Waals surface area contributed by atoms with Crippen LogP contribution in [-0.2, 0) is 0 Å². The average Bonchev–Trinajstić information content (AvgIpc) is 2.11. The molecule has 0 amide bonds. The maximum absolute atomic E-state index is 9.43. The average molecular weight is 230 g/mol. The normalized spacial score (nSPS) is 20.8. The first-order valence-corrected chi connectivity index (χ1v) is 6.75. The number of rotatable bonds is 3. The van der Waals surface area contributed by atoms with Gasteiger partial charge in [0.25, 0.3) is 0 Å². The molecule has 3 rings (SSSR count). The molecule has 0 radical (unpaired) electrons. The van der Waals surface area contributed by atoms with Gasteiger partial charge in [-0.3, -0.25) is 0 Å². The van der Waals surface area contributed by atoms with E-state index in [0.29, 0.717) is 5.92 Å². The van der Waals surface area contributed by atoms with Gasteiger partial charge in [0, 0.05) is 0 Å². The molecule has 0 heterocycles. The highest BCUT2D eigenvalue weighted by molar-refractivity contribution is 6.59. The van der Waals surface area contributed by atoms with Crippen molar-refractivity contribution in [1.82, 2.24) is 0 Å². The lowest BCUT2D eigenvalue weighted by Crippen LogP contribution is -2.35. The summed E-state index contributed by atoms with van der Waals surface area (Å²) in [7, 11) is -1.32.